The Morgan fingerprint density at radius 3 is 1.35 bits per heavy atom. The lowest BCUT2D eigenvalue weighted by molar-refractivity contribution is -0.386. The van der Waals surface area contributed by atoms with Crippen molar-refractivity contribution in [3.8, 4) is 0 Å². The number of aliphatic hydroxyl groups is 11. The van der Waals surface area contributed by atoms with E-state index < -0.39 is 148 Å². The zero-order chi connectivity index (χ0) is 76.0. The first-order valence-corrected chi connectivity index (χ1v) is 41.7. The van der Waals surface area contributed by atoms with E-state index in [1.165, 1.54) is 225 Å². The Bertz CT molecular complexity index is 2170. The Labute approximate surface area is 625 Å². The van der Waals surface area contributed by atoms with Crippen molar-refractivity contribution in [1.29, 1.82) is 0 Å². The summed E-state index contributed by atoms with van der Waals surface area (Å²) in [6.07, 6.45) is 37.5. The van der Waals surface area contributed by atoms with Gasteiger partial charge >= 0.3 is 5.97 Å². The molecule has 23 nitrogen and oxygen atoms in total. The van der Waals surface area contributed by atoms with Crippen LogP contribution in [-0.4, -0.2) is 215 Å². The van der Waals surface area contributed by atoms with Crippen LogP contribution in [0.25, 0.3) is 0 Å². The van der Waals surface area contributed by atoms with Crippen LogP contribution >= 0.6 is 0 Å². The van der Waals surface area contributed by atoms with Crippen molar-refractivity contribution < 1.29 is 104 Å². The molecule has 0 radical (unpaired) electrons. The third kappa shape index (κ3) is 39.7. The van der Waals surface area contributed by atoms with Crippen molar-refractivity contribution in [3.05, 3.63) is 24.3 Å². The van der Waals surface area contributed by atoms with Crippen LogP contribution in [-0.2, 0) is 42.8 Å². The van der Waals surface area contributed by atoms with Gasteiger partial charge in [-0.1, -0.05) is 295 Å². The maximum absolute atomic E-state index is 13.6. The van der Waals surface area contributed by atoms with E-state index in [2.05, 4.69) is 48.8 Å². The molecule has 610 valence electrons. The summed E-state index contributed by atoms with van der Waals surface area (Å²) >= 11 is 0. The molecule has 3 fully saturated rings. The van der Waals surface area contributed by atoms with E-state index in [0.29, 0.717) is 19.3 Å². The molecular weight excluding hydrogens is 1340 g/mol. The maximum Gasteiger partial charge on any atom is 0.364 e. The number of hydrogen-bond acceptors (Lipinski definition) is 20. The molecule has 0 bridgehead atoms. The van der Waals surface area contributed by atoms with Crippen molar-refractivity contribution in [1.82, 2.24) is 10.6 Å². The third-order valence-corrected chi connectivity index (χ3v) is 21.2. The largest absolute Gasteiger partial charge is 0.477 e. The van der Waals surface area contributed by atoms with Crippen LogP contribution in [0.2, 0.25) is 0 Å². The van der Waals surface area contributed by atoms with Crippen LogP contribution in [0.4, 0.5) is 0 Å². The van der Waals surface area contributed by atoms with Crippen molar-refractivity contribution in [2.24, 2.45) is 0 Å². The number of aliphatic carboxylic acids is 1. The quantitative estimate of drug-likeness (QED) is 0.0199. The Balaban J connectivity index is 1.46. The Hall–Kier alpha value is -2.79. The van der Waals surface area contributed by atoms with Crippen LogP contribution in [0.15, 0.2) is 24.3 Å². The highest BCUT2D eigenvalue weighted by atomic mass is 16.8. The number of nitrogens with one attached hydrogen (secondary N) is 2. The van der Waals surface area contributed by atoms with Gasteiger partial charge in [0.05, 0.1) is 50.7 Å². The summed E-state index contributed by atoms with van der Waals surface area (Å²) in [7, 11) is 0. The van der Waals surface area contributed by atoms with Gasteiger partial charge in [-0.25, -0.2) is 4.79 Å². The molecule has 3 aliphatic rings. The smallest absolute Gasteiger partial charge is 0.364 e. The SMILES string of the molecule is CCCCCCCCCCC/C=C\C/C=C\CCCCCCCCCCCCCCCCCCCC(=O)NC(COC1OC(CO)C(OC2OC(CO)C(O)C(OC3(C(=O)O)CC(O)C(NC(C)=O)C(C(O)C(O)CO)O3)C2O)C(O)C1O)C(O)CCCCCCCCCCCCCCCCCCC. The summed E-state index contributed by atoms with van der Waals surface area (Å²) in [5, 5.41) is 137. The normalized spacial score (nSPS) is 26.5. The first kappa shape index (κ1) is 95.4. The molecule has 0 aromatic carbocycles. The van der Waals surface area contributed by atoms with Crippen LogP contribution in [0, 0.1) is 0 Å². The second-order valence-corrected chi connectivity index (χ2v) is 30.3. The molecule has 0 saturated carbocycles. The summed E-state index contributed by atoms with van der Waals surface area (Å²) in [4.78, 5) is 38.7. The van der Waals surface area contributed by atoms with Gasteiger partial charge in [0.2, 0.25) is 11.8 Å². The average molecular weight is 1490 g/mol. The van der Waals surface area contributed by atoms with Crippen molar-refractivity contribution in [2.45, 2.75) is 445 Å². The van der Waals surface area contributed by atoms with Crippen molar-refractivity contribution >= 4 is 17.8 Å². The fraction of sp³-hybridized carbons (Fsp3) is 0.914. The lowest BCUT2D eigenvalue weighted by atomic mass is 9.88. The molecule has 3 rings (SSSR count). The molecule has 104 heavy (non-hydrogen) atoms. The highest BCUT2D eigenvalue weighted by Crippen LogP contribution is 2.39. The summed E-state index contributed by atoms with van der Waals surface area (Å²) in [5.41, 5.74) is 0. The monoisotopic (exact) mass is 1490 g/mol. The maximum atomic E-state index is 13.6. The van der Waals surface area contributed by atoms with Gasteiger partial charge in [0, 0.05) is 19.8 Å². The summed E-state index contributed by atoms with van der Waals surface area (Å²) in [6, 6.07) is -2.53. The number of rotatable bonds is 66. The Morgan fingerprint density at radius 2 is 0.923 bits per heavy atom. The fourth-order valence-corrected chi connectivity index (χ4v) is 14.6. The minimum Gasteiger partial charge on any atom is -0.477 e. The second kappa shape index (κ2) is 60.0. The topological polar surface area (TPSA) is 373 Å². The number of amides is 2. The second-order valence-electron chi connectivity index (χ2n) is 30.3. The number of allylic oxidation sites excluding steroid dienone is 4. The number of aliphatic hydroxyl groups excluding tert-OH is 11. The standard InChI is InChI=1S/C81H150N2O21/c1-4-6-8-10-12-14-16-18-20-22-23-24-25-26-27-28-29-30-31-32-33-34-35-36-37-39-41-43-45-47-49-51-53-55-68(91)83-62(63(88)54-52-50-48-46-44-42-40-38-21-19-17-15-13-11-9-7-5-2)60-99-78-73(95)72(94)75(67(59-86)101-78)102-79-74(96)77(71(93)66(58-85)100-79)104-81(80(97)98)56-64(89)69(82-61(3)87)76(103-81)70(92)65(90)57-84/h23-24,26-27,62-67,69-79,84-86,88-90,92-96H,4-22,25,28-60H2,1-3H3,(H,82,87)(H,83,91)(H,97,98)/b24-23-,27-26-. The molecule has 3 heterocycles. The van der Waals surface area contributed by atoms with Gasteiger partial charge in [0.15, 0.2) is 12.6 Å². The third-order valence-electron chi connectivity index (χ3n) is 21.2. The first-order valence-electron chi connectivity index (χ1n) is 41.7. The molecule has 3 saturated heterocycles. The predicted molar refractivity (Wildman–Crippen MR) is 403 cm³/mol. The number of hydrogen-bond donors (Lipinski definition) is 14. The molecule has 18 atom stereocenters. The first-order chi connectivity index (χ1) is 50.4. The van der Waals surface area contributed by atoms with E-state index in [9.17, 15) is 75.7 Å². The number of ether oxygens (including phenoxy) is 6. The van der Waals surface area contributed by atoms with Crippen LogP contribution < -0.4 is 10.6 Å². The molecule has 0 aliphatic carbocycles. The van der Waals surface area contributed by atoms with Gasteiger partial charge in [-0.05, 0) is 44.9 Å². The van der Waals surface area contributed by atoms with Crippen LogP contribution in [0.5, 0.6) is 0 Å². The van der Waals surface area contributed by atoms with E-state index in [4.69, 9.17) is 28.4 Å². The minimum absolute atomic E-state index is 0.226. The fourth-order valence-electron chi connectivity index (χ4n) is 14.6. The Kier molecular flexibility index (Phi) is 55.0. The summed E-state index contributed by atoms with van der Waals surface area (Å²) < 4.78 is 35.0. The van der Waals surface area contributed by atoms with Crippen LogP contribution in [0.3, 0.4) is 0 Å². The number of carbonyl (C=O) groups excluding carboxylic acids is 2. The van der Waals surface area contributed by atoms with Crippen LogP contribution in [0.1, 0.15) is 335 Å². The predicted octanol–water partition coefficient (Wildman–Crippen LogP) is 11.5. The van der Waals surface area contributed by atoms with Gasteiger partial charge in [-0.3, -0.25) is 9.59 Å². The molecule has 18 unspecified atom stereocenters. The highest BCUT2D eigenvalue weighted by Gasteiger charge is 2.60. The molecule has 14 N–H and O–H groups in total. The number of carboxylic acid groups (broad SMARTS) is 1. The zero-order valence-electron chi connectivity index (χ0n) is 64.6. The van der Waals surface area contributed by atoms with E-state index in [0.717, 1.165) is 64.7 Å². The van der Waals surface area contributed by atoms with Gasteiger partial charge in [-0.2, -0.15) is 0 Å². The minimum atomic E-state index is -3.08. The van der Waals surface area contributed by atoms with E-state index in [-0.39, 0.29) is 18.9 Å². The molecule has 0 aromatic heterocycles. The van der Waals surface area contributed by atoms with E-state index in [1.54, 1.807) is 0 Å². The highest BCUT2D eigenvalue weighted by molar-refractivity contribution is 5.77. The van der Waals surface area contributed by atoms with E-state index >= 15 is 0 Å². The number of carboxylic acids is 1. The number of carbonyl (C=O) groups is 3. The van der Waals surface area contributed by atoms with Gasteiger partial charge in [-0.15, -0.1) is 0 Å². The molecule has 2 amide bonds. The van der Waals surface area contributed by atoms with Crippen molar-refractivity contribution in [2.75, 3.05) is 26.4 Å². The lowest BCUT2D eigenvalue weighted by Crippen LogP contribution is -2.70. The summed E-state index contributed by atoms with van der Waals surface area (Å²) in [5.74, 6) is -6.09. The van der Waals surface area contributed by atoms with E-state index in [1.807, 2.05) is 0 Å². The molecule has 0 aromatic rings. The van der Waals surface area contributed by atoms with Gasteiger partial charge in [0.1, 0.15) is 67.1 Å². The van der Waals surface area contributed by atoms with Gasteiger partial charge < -0.3 is 100 Å². The molecule has 3 aliphatic heterocycles. The summed E-state index contributed by atoms with van der Waals surface area (Å²) in [6.45, 7) is 2.25. The van der Waals surface area contributed by atoms with Gasteiger partial charge in [0.25, 0.3) is 5.79 Å². The molecule has 0 spiro atoms. The molecule has 23 heteroatoms. The number of unbranched alkanes of at least 4 members (excludes halogenated alkanes) is 42. The molecular formula is C81H150N2O21. The van der Waals surface area contributed by atoms with Crippen molar-refractivity contribution in [3.63, 3.8) is 0 Å². The zero-order valence-corrected chi connectivity index (χ0v) is 64.6. The Morgan fingerprint density at radius 1 is 0.500 bits per heavy atom. The lowest BCUT2D eigenvalue weighted by Gasteiger charge is -2.50. The average Bonchev–Trinajstić information content (AvgIpc) is 0.755.